The summed E-state index contributed by atoms with van der Waals surface area (Å²) in [4.78, 5) is 11.1. The Kier molecular flexibility index (Phi) is 3.45. The number of nitrogens with zero attached hydrogens (tertiary/aromatic N) is 4. The molecule has 1 aromatic carbocycles. The summed E-state index contributed by atoms with van der Waals surface area (Å²) in [5, 5.41) is 7.68. The van der Waals surface area contributed by atoms with Crippen LogP contribution in [0.15, 0.2) is 55.0 Å². The zero-order chi connectivity index (χ0) is 17.4. The van der Waals surface area contributed by atoms with Crippen molar-refractivity contribution < 1.29 is 13.2 Å². The number of fused-ring (bicyclic) bond motifs is 1. The summed E-state index contributed by atoms with van der Waals surface area (Å²) >= 11 is 0. The van der Waals surface area contributed by atoms with Crippen molar-refractivity contribution >= 4 is 10.9 Å². The number of H-pyrrole nitrogens is 1. The maximum Gasteiger partial charge on any atom is 0.451 e. The second-order valence-corrected chi connectivity index (χ2v) is 5.32. The lowest BCUT2D eigenvalue weighted by Gasteiger charge is -2.07. The van der Waals surface area contributed by atoms with E-state index < -0.39 is 12.0 Å². The number of alkyl halides is 3. The van der Waals surface area contributed by atoms with E-state index in [9.17, 15) is 13.2 Å². The summed E-state index contributed by atoms with van der Waals surface area (Å²) in [7, 11) is 0. The highest BCUT2D eigenvalue weighted by molar-refractivity contribution is 5.87. The Balaban J connectivity index is 1.83. The molecule has 0 aliphatic carbocycles. The van der Waals surface area contributed by atoms with Gasteiger partial charge in [0.1, 0.15) is 5.69 Å². The van der Waals surface area contributed by atoms with Crippen molar-refractivity contribution in [3.8, 4) is 22.5 Å². The van der Waals surface area contributed by atoms with Crippen molar-refractivity contribution in [1.29, 1.82) is 0 Å². The van der Waals surface area contributed by atoms with Crippen LogP contribution in [0.2, 0.25) is 0 Å². The average molecular weight is 341 g/mol. The molecule has 4 aromatic rings. The molecule has 0 bridgehead atoms. The Morgan fingerprint density at radius 1 is 0.960 bits per heavy atom. The van der Waals surface area contributed by atoms with Crippen molar-refractivity contribution in [2.24, 2.45) is 0 Å². The van der Waals surface area contributed by atoms with Gasteiger partial charge in [0.25, 0.3) is 0 Å². The molecule has 0 unspecified atom stereocenters. The molecule has 0 radical (unpaired) electrons. The first kappa shape index (κ1) is 15.3. The van der Waals surface area contributed by atoms with E-state index >= 15 is 0 Å². The lowest BCUT2D eigenvalue weighted by atomic mass is 10.0. The molecule has 0 atom stereocenters. The van der Waals surface area contributed by atoms with Gasteiger partial charge in [-0.05, 0) is 29.8 Å². The maximum atomic E-state index is 12.8. The van der Waals surface area contributed by atoms with Gasteiger partial charge in [0.2, 0.25) is 5.82 Å². The number of hydrogen-bond donors (Lipinski definition) is 1. The van der Waals surface area contributed by atoms with Crippen LogP contribution >= 0.6 is 0 Å². The summed E-state index contributed by atoms with van der Waals surface area (Å²) < 4.78 is 38.5. The van der Waals surface area contributed by atoms with E-state index in [0.717, 1.165) is 22.7 Å². The first-order valence-electron chi connectivity index (χ1n) is 7.32. The number of aromatic nitrogens is 5. The fourth-order valence-electron chi connectivity index (χ4n) is 2.58. The standard InChI is InChI=1S/C17H10F3N5/c18-17(19,20)16-22-7-5-14(24-16)15-12(9-23-25-15)10-3-4-13-11(8-10)2-1-6-21-13/h1-9H,(H,23,25). The van der Waals surface area contributed by atoms with E-state index in [1.54, 1.807) is 12.4 Å². The number of nitrogens with one attached hydrogen (secondary N) is 1. The Morgan fingerprint density at radius 3 is 2.68 bits per heavy atom. The molecule has 4 rings (SSSR count). The zero-order valence-corrected chi connectivity index (χ0v) is 12.6. The van der Waals surface area contributed by atoms with Gasteiger partial charge in [-0.1, -0.05) is 12.1 Å². The molecule has 124 valence electrons. The predicted octanol–water partition coefficient (Wildman–Crippen LogP) is 4.10. The van der Waals surface area contributed by atoms with Crippen molar-refractivity contribution in [2.45, 2.75) is 6.18 Å². The normalized spacial score (nSPS) is 11.8. The second kappa shape index (κ2) is 5.66. The Morgan fingerprint density at radius 2 is 1.84 bits per heavy atom. The van der Waals surface area contributed by atoms with E-state index in [1.807, 2.05) is 30.3 Å². The number of aromatic amines is 1. The Bertz CT molecular complexity index is 1060. The lowest BCUT2D eigenvalue weighted by molar-refractivity contribution is -0.144. The first-order chi connectivity index (χ1) is 12.0. The fraction of sp³-hybridized carbons (Fsp3) is 0.0588. The molecule has 3 aromatic heterocycles. The van der Waals surface area contributed by atoms with E-state index in [-0.39, 0.29) is 5.69 Å². The van der Waals surface area contributed by atoms with Crippen LogP contribution in [0.3, 0.4) is 0 Å². The molecule has 5 nitrogen and oxygen atoms in total. The van der Waals surface area contributed by atoms with Gasteiger partial charge in [-0.15, -0.1) is 0 Å². The number of pyridine rings is 1. The molecule has 0 spiro atoms. The molecule has 0 saturated heterocycles. The molecular formula is C17H10F3N5. The Hall–Kier alpha value is -3.29. The predicted molar refractivity (Wildman–Crippen MR) is 85.4 cm³/mol. The molecule has 0 aliphatic rings. The smallest absolute Gasteiger partial charge is 0.284 e. The van der Waals surface area contributed by atoms with E-state index in [2.05, 4.69) is 25.1 Å². The topological polar surface area (TPSA) is 67.3 Å². The van der Waals surface area contributed by atoms with Gasteiger partial charge in [0, 0.05) is 29.5 Å². The maximum absolute atomic E-state index is 12.8. The van der Waals surface area contributed by atoms with Gasteiger partial charge in [-0.3, -0.25) is 10.1 Å². The van der Waals surface area contributed by atoms with Crippen molar-refractivity contribution in [3.05, 3.63) is 60.8 Å². The monoisotopic (exact) mass is 341 g/mol. The van der Waals surface area contributed by atoms with Crippen LogP contribution in [-0.2, 0) is 6.18 Å². The fourth-order valence-corrected chi connectivity index (χ4v) is 2.58. The minimum absolute atomic E-state index is 0.102. The Labute approximate surface area is 139 Å². The molecule has 0 fully saturated rings. The van der Waals surface area contributed by atoms with Crippen molar-refractivity contribution in [2.75, 3.05) is 0 Å². The molecule has 0 amide bonds. The quantitative estimate of drug-likeness (QED) is 0.596. The highest BCUT2D eigenvalue weighted by Crippen LogP contribution is 2.32. The van der Waals surface area contributed by atoms with Crippen LogP contribution in [0, 0.1) is 0 Å². The van der Waals surface area contributed by atoms with Crippen LogP contribution in [0.5, 0.6) is 0 Å². The highest BCUT2D eigenvalue weighted by Gasteiger charge is 2.35. The van der Waals surface area contributed by atoms with Gasteiger partial charge >= 0.3 is 6.18 Å². The third kappa shape index (κ3) is 2.82. The highest BCUT2D eigenvalue weighted by atomic mass is 19.4. The summed E-state index contributed by atoms with van der Waals surface area (Å²) in [5.41, 5.74) is 2.72. The van der Waals surface area contributed by atoms with Gasteiger partial charge in [0.15, 0.2) is 0 Å². The average Bonchev–Trinajstić information content (AvgIpc) is 3.10. The van der Waals surface area contributed by atoms with Gasteiger partial charge < -0.3 is 0 Å². The second-order valence-electron chi connectivity index (χ2n) is 5.32. The van der Waals surface area contributed by atoms with E-state index in [1.165, 1.54) is 6.07 Å². The van der Waals surface area contributed by atoms with Gasteiger partial charge in [-0.25, -0.2) is 9.97 Å². The van der Waals surface area contributed by atoms with Gasteiger partial charge in [0.05, 0.1) is 11.2 Å². The molecule has 3 heterocycles. The number of benzene rings is 1. The summed E-state index contributed by atoms with van der Waals surface area (Å²) in [6.07, 6.45) is -0.206. The molecule has 0 aliphatic heterocycles. The van der Waals surface area contributed by atoms with Crippen LogP contribution in [0.1, 0.15) is 5.82 Å². The molecule has 1 N–H and O–H groups in total. The third-order valence-electron chi connectivity index (χ3n) is 3.71. The van der Waals surface area contributed by atoms with Crippen LogP contribution < -0.4 is 0 Å². The molecule has 0 saturated carbocycles. The summed E-state index contributed by atoms with van der Waals surface area (Å²) in [5.74, 6) is -1.19. The lowest BCUT2D eigenvalue weighted by Crippen LogP contribution is -2.11. The van der Waals surface area contributed by atoms with Crippen LogP contribution in [-0.4, -0.2) is 25.1 Å². The number of rotatable bonds is 2. The molecular weight excluding hydrogens is 331 g/mol. The zero-order valence-electron chi connectivity index (χ0n) is 12.6. The van der Waals surface area contributed by atoms with E-state index in [4.69, 9.17) is 0 Å². The van der Waals surface area contributed by atoms with Gasteiger partial charge in [-0.2, -0.15) is 18.3 Å². The van der Waals surface area contributed by atoms with Crippen molar-refractivity contribution in [3.63, 3.8) is 0 Å². The number of halogens is 3. The SMILES string of the molecule is FC(F)(F)c1nccc(-c2n[nH]cc2-c2ccc3ncccc3c2)n1. The van der Waals surface area contributed by atoms with Crippen LogP contribution in [0.25, 0.3) is 33.4 Å². The largest absolute Gasteiger partial charge is 0.451 e. The third-order valence-corrected chi connectivity index (χ3v) is 3.71. The van der Waals surface area contributed by atoms with Crippen LogP contribution in [0.4, 0.5) is 13.2 Å². The van der Waals surface area contributed by atoms with Crippen molar-refractivity contribution in [1.82, 2.24) is 25.1 Å². The first-order valence-corrected chi connectivity index (χ1v) is 7.32. The van der Waals surface area contributed by atoms with E-state index in [0.29, 0.717) is 11.3 Å². The molecule has 8 heteroatoms. The minimum atomic E-state index is -4.61. The summed E-state index contributed by atoms with van der Waals surface area (Å²) in [6.45, 7) is 0. The molecule has 25 heavy (non-hydrogen) atoms. The minimum Gasteiger partial charge on any atom is -0.284 e. The summed E-state index contributed by atoms with van der Waals surface area (Å²) in [6, 6.07) is 10.7. The number of hydrogen-bond acceptors (Lipinski definition) is 4.